The Morgan fingerprint density at radius 3 is 2.69 bits per heavy atom. The van der Waals surface area contributed by atoms with E-state index in [2.05, 4.69) is 19.2 Å². The van der Waals surface area contributed by atoms with Crippen molar-refractivity contribution in [3.63, 3.8) is 0 Å². The Morgan fingerprint density at radius 1 is 1.19 bits per heavy atom. The molecule has 1 heterocycles. The second-order valence-electron chi connectivity index (χ2n) is 5.01. The maximum atomic E-state index is 6.22. The Hall–Kier alpha value is -0.0800. The van der Waals surface area contributed by atoms with Crippen molar-refractivity contribution in [1.29, 1.82) is 0 Å². The predicted octanol–water partition coefficient (Wildman–Crippen LogP) is 3.50. The van der Waals surface area contributed by atoms with Crippen molar-refractivity contribution in [2.45, 2.75) is 77.4 Å². The minimum Gasteiger partial charge on any atom is -0.374 e. The first kappa shape index (κ1) is 14.0. The molecule has 96 valence electrons. The van der Waals surface area contributed by atoms with Gasteiger partial charge in [-0.15, -0.1) is 0 Å². The molecule has 1 aliphatic rings. The van der Waals surface area contributed by atoms with Crippen LogP contribution in [0.2, 0.25) is 0 Å². The summed E-state index contributed by atoms with van der Waals surface area (Å²) in [6.07, 6.45) is 11.3. The van der Waals surface area contributed by atoms with Crippen LogP contribution in [0.1, 0.15) is 65.2 Å². The van der Waals surface area contributed by atoms with Crippen LogP contribution in [0.15, 0.2) is 0 Å². The van der Waals surface area contributed by atoms with Crippen molar-refractivity contribution >= 4 is 0 Å². The van der Waals surface area contributed by atoms with Gasteiger partial charge in [0.15, 0.2) is 0 Å². The van der Waals surface area contributed by atoms with Crippen LogP contribution in [0, 0.1) is 0 Å². The van der Waals surface area contributed by atoms with Crippen molar-refractivity contribution in [2.24, 2.45) is 0 Å². The second kappa shape index (κ2) is 9.00. The Morgan fingerprint density at radius 2 is 2.06 bits per heavy atom. The lowest BCUT2D eigenvalue weighted by Crippen LogP contribution is -2.37. The van der Waals surface area contributed by atoms with Gasteiger partial charge >= 0.3 is 0 Å². The molecule has 2 unspecified atom stereocenters. The molecular formula is C14H29NO. The molecule has 0 saturated carbocycles. The van der Waals surface area contributed by atoms with Gasteiger partial charge < -0.3 is 10.1 Å². The van der Waals surface area contributed by atoms with E-state index in [0.717, 1.165) is 6.54 Å². The number of hydrogen-bond acceptors (Lipinski definition) is 2. The van der Waals surface area contributed by atoms with Crippen LogP contribution in [0.3, 0.4) is 0 Å². The third-order valence-corrected chi connectivity index (χ3v) is 3.38. The lowest BCUT2D eigenvalue weighted by atomic mass is 10.1. The molecule has 1 rings (SSSR count). The first-order chi connectivity index (χ1) is 7.86. The monoisotopic (exact) mass is 227 g/mol. The Bertz CT molecular complexity index is 155. The van der Waals surface area contributed by atoms with Gasteiger partial charge in [0.05, 0.1) is 12.2 Å². The van der Waals surface area contributed by atoms with E-state index in [0.29, 0.717) is 12.2 Å². The summed E-state index contributed by atoms with van der Waals surface area (Å²) in [5.41, 5.74) is 0. The molecule has 1 saturated heterocycles. The van der Waals surface area contributed by atoms with E-state index < -0.39 is 0 Å². The van der Waals surface area contributed by atoms with E-state index >= 15 is 0 Å². The zero-order valence-corrected chi connectivity index (χ0v) is 11.1. The lowest BCUT2D eigenvalue weighted by molar-refractivity contribution is -0.0315. The third-order valence-electron chi connectivity index (χ3n) is 3.38. The fourth-order valence-electron chi connectivity index (χ4n) is 2.43. The van der Waals surface area contributed by atoms with E-state index in [9.17, 15) is 0 Å². The topological polar surface area (TPSA) is 21.3 Å². The van der Waals surface area contributed by atoms with Gasteiger partial charge in [-0.3, -0.25) is 0 Å². The average Bonchev–Trinajstić information content (AvgIpc) is 2.31. The highest BCUT2D eigenvalue weighted by Gasteiger charge is 2.18. The molecule has 0 aromatic carbocycles. The molecule has 1 fully saturated rings. The molecule has 1 N–H and O–H groups in total. The van der Waals surface area contributed by atoms with Gasteiger partial charge in [0.1, 0.15) is 0 Å². The molecule has 0 amide bonds. The van der Waals surface area contributed by atoms with Gasteiger partial charge in [0.25, 0.3) is 0 Å². The summed E-state index contributed by atoms with van der Waals surface area (Å²) >= 11 is 0. The molecule has 0 radical (unpaired) electrons. The number of unbranched alkanes of at least 4 members (excludes halogenated alkanes) is 2. The molecule has 1 aliphatic heterocycles. The van der Waals surface area contributed by atoms with Crippen molar-refractivity contribution in [1.82, 2.24) is 5.32 Å². The minimum atomic E-state index is 0.479. The molecule has 0 bridgehead atoms. The first-order valence-corrected chi connectivity index (χ1v) is 7.23. The van der Waals surface area contributed by atoms with Gasteiger partial charge in [-0.05, 0) is 32.2 Å². The fraction of sp³-hybridized carbons (Fsp3) is 1.00. The van der Waals surface area contributed by atoms with E-state index in [-0.39, 0.29) is 0 Å². The van der Waals surface area contributed by atoms with Gasteiger partial charge in [0.2, 0.25) is 0 Å². The Balaban J connectivity index is 2.19. The molecular weight excluding hydrogens is 198 g/mol. The highest BCUT2D eigenvalue weighted by Crippen LogP contribution is 2.17. The number of ether oxygens (including phenoxy) is 1. The number of piperidine rings is 1. The molecule has 0 aromatic heterocycles. The van der Waals surface area contributed by atoms with Crippen LogP contribution in [-0.4, -0.2) is 25.3 Å². The van der Waals surface area contributed by atoms with Crippen molar-refractivity contribution in [3.05, 3.63) is 0 Å². The SMILES string of the molecule is CCCCCC(CCC)OC1CCCNC1. The summed E-state index contributed by atoms with van der Waals surface area (Å²) in [4.78, 5) is 0. The lowest BCUT2D eigenvalue weighted by Gasteiger charge is -2.28. The van der Waals surface area contributed by atoms with Crippen LogP contribution < -0.4 is 5.32 Å². The molecule has 0 spiro atoms. The third kappa shape index (κ3) is 5.86. The van der Waals surface area contributed by atoms with E-state index in [1.165, 1.54) is 57.9 Å². The molecule has 2 atom stereocenters. The molecule has 2 nitrogen and oxygen atoms in total. The summed E-state index contributed by atoms with van der Waals surface area (Å²) in [5, 5.41) is 3.42. The van der Waals surface area contributed by atoms with E-state index in [1.807, 2.05) is 0 Å². The van der Waals surface area contributed by atoms with Crippen LogP contribution in [0.25, 0.3) is 0 Å². The molecule has 0 aromatic rings. The van der Waals surface area contributed by atoms with Gasteiger partial charge in [0, 0.05) is 6.54 Å². The minimum absolute atomic E-state index is 0.479. The molecule has 2 heteroatoms. The normalized spacial score (nSPS) is 23.2. The fourth-order valence-corrected chi connectivity index (χ4v) is 2.43. The summed E-state index contributed by atoms with van der Waals surface area (Å²) in [6.45, 7) is 6.76. The summed E-state index contributed by atoms with van der Waals surface area (Å²) in [6, 6.07) is 0. The van der Waals surface area contributed by atoms with Crippen molar-refractivity contribution in [3.8, 4) is 0 Å². The van der Waals surface area contributed by atoms with Gasteiger partial charge in [-0.2, -0.15) is 0 Å². The van der Waals surface area contributed by atoms with E-state index in [4.69, 9.17) is 4.74 Å². The Labute approximate surface area is 101 Å². The van der Waals surface area contributed by atoms with Crippen LogP contribution in [0.5, 0.6) is 0 Å². The molecule has 16 heavy (non-hydrogen) atoms. The highest BCUT2D eigenvalue weighted by atomic mass is 16.5. The average molecular weight is 227 g/mol. The second-order valence-corrected chi connectivity index (χ2v) is 5.01. The van der Waals surface area contributed by atoms with Crippen LogP contribution in [-0.2, 0) is 4.74 Å². The van der Waals surface area contributed by atoms with Crippen LogP contribution in [0.4, 0.5) is 0 Å². The zero-order valence-electron chi connectivity index (χ0n) is 11.1. The quantitative estimate of drug-likeness (QED) is 0.641. The van der Waals surface area contributed by atoms with Crippen molar-refractivity contribution in [2.75, 3.05) is 13.1 Å². The predicted molar refractivity (Wildman–Crippen MR) is 69.8 cm³/mol. The van der Waals surface area contributed by atoms with Gasteiger partial charge in [-0.25, -0.2) is 0 Å². The number of hydrogen-bond donors (Lipinski definition) is 1. The first-order valence-electron chi connectivity index (χ1n) is 7.23. The van der Waals surface area contributed by atoms with Crippen LogP contribution >= 0.6 is 0 Å². The van der Waals surface area contributed by atoms with Gasteiger partial charge in [-0.1, -0.05) is 39.5 Å². The zero-order chi connectivity index (χ0) is 11.6. The summed E-state index contributed by atoms with van der Waals surface area (Å²) in [7, 11) is 0. The maximum Gasteiger partial charge on any atom is 0.0703 e. The molecule has 0 aliphatic carbocycles. The number of nitrogens with one attached hydrogen (secondary N) is 1. The largest absolute Gasteiger partial charge is 0.374 e. The standard InChI is InChI=1S/C14H29NO/c1-3-5-6-9-13(8-4-2)16-14-10-7-11-15-12-14/h13-15H,3-12H2,1-2H3. The summed E-state index contributed by atoms with van der Waals surface area (Å²) in [5.74, 6) is 0. The van der Waals surface area contributed by atoms with E-state index in [1.54, 1.807) is 0 Å². The highest BCUT2D eigenvalue weighted by molar-refractivity contribution is 4.71. The van der Waals surface area contributed by atoms with Crippen molar-refractivity contribution < 1.29 is 4.74 Å². The smallest absolute Gasteiger partial charge is 0.0703 e. The number of rotatable bonds is 8. The Kier molecular flexibility index (Phi) is 7.87. The summed E-state index contributed by atoms with van der Waals surface area (Å²) < 4.78 is 6.22. The maximum absolute atomic E-state index is 6.22.